The molecular formula is C12H18FNS. The first-order valence-electron chi connectivity index (χ1n) is 5.33. The third-order valence-corrected chi connectivity index (χ3v) is 3.37. The van der Waals surface area contributed by atoms with Crippen LogP contribution in [0.2, 0.25) is 0 Å². The van der Waals surface area contributed by atoms with E-state index in [4.69, 9.17) is 5.73 Å². The maximum Gasteiger partial charge on any atom is 0.137 e. The predicted octanol–water partition coefficient (Wildman–Crippen LogP) is 3.74. The van der Waals surface area contributed by atoms with Crippen molar-refractivity contribution in [2.24, 2.45) is 5.73 Å². The highest BCUT2D eigenvalue weighted by Gasteiger charge is 2.06. The van der Waals surface area contributed by atoms with Crippen molar-refractivity contribution in [3.05, 3.63) is 29.6 Å². The highest BCUT2D eigenvalue weighted by molar-refractivity contribution is 7.99. The van der Waals surface area contributed by atoms with Gasteiger partial charge < -0.3 is 5.73 Å². The molecule has 1 aromatic carbocycles. The van der Waals surface area contributed by atoms with Gasteiger partial charge in [-0.05, 0) is 36.8 Å². The van der Waals surface area contributed by atoms with Crippen LogP contribution in [0.15, 0.2) is 23.1 Å². The van der Waals surface area contributed by atoms with E-state index in [1.807, 2.05) is 19.1 Å². The molecule has 0 spiro atoms. The van der Waals surface area contributed by atoms with Crippen molar-refractivity contribution < 1.29 is 4.39 Å². The van der Waals surface area contributed by atoms with Gasteiger partial charge in [0.25, 0.3) is 0 Å². The molecule has 0 aliphatic rings. The molecule has 3 heteroatoms. The summed E-state index contributed by atoms with van der Waals surface area (Å²) in [4.78, 5) is 0.729. The fraction of sp³-hybridized carbons (Fsp3) is 0.500. The van der Waals surface area contributed by atoms with Gasteiger partial charge in [0.05, 0.1) is 0 Å². The van der Waals surface area contributed by atoms with Gasteiger partial charge in [-0.1, -0.05) is 19.4 Å². The number of halogens is 1. The Kier molecular flexibility index (Phi) is 5.12. The van der Waals surface area contributed by atoms with Crippen molar-refractivity contribution in [1.29, 1.82) is 0 Å². The highest BCUT2D eigenvalue weighted by Crippen LogP contribution is 2.25. The molecule has 1 nitrogen and oxygen atoms in total. The van der Waals surface area contributed by atoms with Crippen molar-refractivity contribution in [2.75, 3.05) is 5.75 Å². The van der Waals surface area contributed by atoms with Crippen molar-refractivity contribution in [1.82, 2.24) is 0 Å². The molecule has 84 valence electrons. The van der Waals surface area contributed by atoms with Crippen LogP contribution in [0, 0.1) is 5.82 Å². The van der Waals surface area contributed by atoms with Crippen LogP contribution < -0.4 is 5.73 Å². The summed E-state index contributed by atoms with van der Waals surface area (Å²) in [5, 5.41) is 0. The van der Waals surface area contributed by atoms with E-state index in [0.29, 0.717) is 0 Å². The van der Waals surface area contributed by atoms with Gasteiger partial charge in [-0.15, -0.1) is 11.8 Å². The molecule has 15 heavy (non-hydrogen) atoms. The van der Waals surface area contributed by atoms with Crippen LogP contribution in [0.1, 0.15) is 38.3 Å². The Hall–Kier alpha value is -0.540. The molecule has 0 saturated carbocycles. The molecule has 0 aliphatic carbocycles. The molecule has 1 rings (SSSR count). The standard InChI is InChI=1S/C12H18FNS/c1-3-4-7-15-12-6-5-10(9(2)14)8-11(12)13/h5-6,8-9H,3-4,7,14H2,1-2H3. The van der Waals surface area contributed by atoms with Crippen molar-refractivity contribution in [2.45, 2.75) is 37.6 Å². The second kappa shape index (κ2) is 6.13. The van der Waals surface area contributed by atoms with E-state index in [0.717, 1.165) is 29.1 Å². The predicted molar refractivity (Wildman–Crippen MR) is 64.6 cm³/mol. The molecule has 0 heterocycles. The van der Waals surface area contributed by atoms with Gasteiger partial charge in [0.2, 0.25) is 0 Å². The molecule has 0 amide bonds. The Morgan fingerprint density at radius 2 is 2.20 bits per heavy atom. The molecule has 1 atom stereocenters. The summed E-state index contributed by atoms with van der Waals surface area (Å²) in [5.41, 5.74) is 6.53. The lowest BCUT2D eigenvalue weighted by Crippen LogP contribution is -2.05. The highest BCUT2D eigenvalue weighted by atomic mass is 32.2. The quantitative estimate of drug-likeness (QED) is 0.612. The van der Waals surface area contributed by atoms with E-state index in [-0.39, 0.29) is 11.9 Å². The Morgan fingerprint density at radius 1 is 1.47 bits per heavy atom. The smallest absolute Gasteiger partial charge is 0.137 e. The number of nitrogens with two attached hydrogens (primary N) is 1. The molecule has 0 aliphatic heterocycles. The topological polar surface area (TPSA) is 26.0 Å². The number of benzene rings is 1. The maximum absolute atomic E-state index is 13.6. The van der Waals surface area contributed by atoms with E-state index >= 15 is 0 Å². The minimum absolute atomic E-state index is 0.103. The lowest BCUT2D eigenvalue weighted by Gasteiger charge is -2.08. The van der Waals surface area contributed by atoms with Gasteiger partial charge in [-0.25, -0.2) is 4.39 Å². The second-order valence-corrected chi connectivity index (χ2v) is 4.82. The van der Waals surface area contributed by atoms with Crippen LogP contribution in [0.3, 0.4) is 0 Å². The first-order chi connectivity index (χ1) is 7.15. The normalized spacial score (nSPS) is 12.8. The number of unbranched alkanes of at least 4 members (excludes halogenated alkanes) is 1. The monoisotopic (exact) mass is 227 g/mol. The molecule has 1 unspecified atom stereocenters. The van der Waals surface area contributed by atoms with Gasteiger partial charge in [0.1, 0.15) is 5.82 Å². The summed E-state index contributed by atoms with van der Waals surface area (Å²) < 4.78 is 13.6. The lowest BCUT2D eigenvalue weighted by atomic mass is 10.1. The zero-order chi connectivity index (χ0) is 11.3. The Morgan fingerprint density at radius 3 is 2.73 bits per heavy atom. The van der Waals surface area contributed by atoms with Crippen molar-refractivity contribution in [3.63, 3.8) is 0 Å². The number of hydrogen-bond acceptors (Lipinski definition) is 2. The van der Waals surface area contributed by atoms with Gasteiger partial charge in [0, 0.05) is 10.9 Å². The van der Waals surface area contributed by atoms with E-state index in [1.165, 1.54) is 0 Å². The molecular weight excluding hydrogens is 209 g/mol. The summed E-state index contributed by atoms with van der Waals surface area (Å²) in [6.45, 7) is 3.99. The minimum Gasteiger partial charge on any atom is -0.324 e. The summed E-state index contributed by atoms with van der Waals surface area (Å²) in [6, 6.07) is 5.17. The molecule has 0 radical (unpaired) electrons. The zero-order valence-electron chi connectivity index (χ0n) is 9.29. The molecule has 2 N–H and O–H groups in total. The Balaban J connectivity index is 2.66. The largest absolute Gasteiger partial charge is 0.324 e. The summed E-state index contributed by atoms with van der Waals surface area (Å²) in [5.74, 6) is 0.830. The van der Waals surface area contributed by atoms with Crippen LogP contribution in [0.25, 0.3) is 0 Å². The third kappa shape index (κ3) is 3.84. The summed E-state index contributed by atoms with van der Waals surface area (Å²) >= 11 is 1.58. The van der Waals surface area contributed by atoms with Crippen LogP contribution >= 0.6 is 11.8 Å². The van der Waals surface area contributed by atoms with Crippen molar-refractivity contribution in [3.8, 4) is 0 Å². The van der Waals surface area contributed by atoms with Crippen molar-refractivity contribution >= 4 is 11.8 Å². The van der Waals surface area contributed by atoms with Gasteiger partial charge in [-0.3, -0.25) is 0 Å². The van der Waals surface area contributed by atoms with Gasteiger partial charge >= 0.3 is 0 Å². The third-order valence-electron chi connectivity index (χ3n) is 2.24. The molecule has 1 aromatic rings. The van der Waals surface area contributed by atoms with E-state index in [2.05, 4.69) is 6.92 Å². The average Bonchev–Trinajstić information content (AvgIpc) is 2.20. The molecule has 0 bridgehead atoms. The van der Waals surface area contributed by atoms with Crippen LogP contribution in [0.4, 0.5) is 4.39 Å². The molecule has 0 fully saturated rings. The van der Waals surface area contributed by atoms with Crippen LogP contribution in [-0.4, -0.2) is 5.75 Å². The number of rotatable bonds is 5. The van der Waals surface area contributed by atoms with E-state index in [9.17, 15) is 4.39 Å². The molecule has 0 saturated heterocycles. The number of hydrogen-bond donors (Lipinski definition) is 1. The number of thioether (sulfide) groups is 1. The van der Waals surface area contributed by atoms with Gasteiger partial charge in [0.15, 0.2) is 0 Å². The first-order valence-corrected chi connectivity index (χ1v) is 6.31. The average molecular weight is 227 g/mol. The zero-order valence-corrected chi connectivity index (χ0v) is 10.1. The fourth-order valence-electron chi connectivity index (χ4n) is 1.24. The first kappa shape index (κ1) is 12.5. The molecule has 0 aromatic heterocycles. The fourth-order valence-corrected chi connectivity index (χ4v) is 2.26. The Labute approximate surface area is 95.2 Å². The van der Waals surface area contributed by atoms with E-state index < -0.39 is 0 Å². The SMILES string of the molecule is CCCCSc1ccc(C(C)N)cc1F. The summed E-state index contributed by atoms with van der Waals surface area (Å²) in [7, 11) is 0. The summed E-state index contributed by atoms with van der Waals surface area (Å²) in [6.07, 6.45) is 2.27. The van der Waals surface area contributed by atoms with Crippen LogP contribution in [-0.2, 0) is 0 Å². The maximum atomic E-state index is 13.6. The minimum atomic E-state index is -0.147. The second-order valence-electron chi connectivity index (χ2n) is 3.68. The van der Waals surface area contributed by atoms with E-state index in [1.54, 1.807) is 17.8 Å². The Bertz CT molecular complexity index is 312. The lowest BCUT2D eigenvalue weighted by molar-refractivity contribution is 0.596. The van der Waals surface area contributed by atoms with Crippen LogP contribution in [0.5, 0.6) is 0 Å². The van der Waals surface area contributed by atoms with Gasteiger partial charge in [-0.2, -0.15) is 0 Å².